The number of halogens is 1. The summed E-state index contributed by atoms with van der Waals surface area (Å²) in [6.07, 6.45) is -1.00. The van der Waals surface area contributed by atoms with Crippen LogP contribution in [0.15, 0.2) is 6.20 Å². The van der Waals surface area contributed by atoms with Crippen LogP contribution in [0.3, 0.4) is 0 Å². The van der Waals surface area contributed by atoms with Crippen LogP contribution < -0.4 is 0 Å². The van der Waals surface area contributed by atoms with Crippen LogP contribution >= 0.6 is 0 Å². The standard InChI is InChI=1S/C5H7FN2O2/c1-8-2-3(9)4(7-8)5(6)10/h2,5,9-10H,1H3. The van der Waals surface area contributed by atoms with E-state index in [1.807, 2.05) is 0 Å². The highest BCUT2D eigenvalue weighted by Gasteiger charge is 2.14. The molecule has 0 aliphatic heterocycles. The fraction of sp³-hybridized carbons (Fsp3) is 0.400. The molecule has 10 heavy (non-hydrogen) atoms. The summed E-state index contributed by atoms with van der Waals surface area (Å²) in [4.78, 5) is 0. The molecule has 1 aromatic heterocycles. The zero-order valence-corrected chi connectivity index (χ0v) is 5.32. The van der Waals surface area contributed by atoms with E-state index in [1.165, 1.54) is 17.9 Å². The maximum absolute atomic E-state index is 12.0. The molecule has 0 fully saturated rings. The molecular formula is C5H7FN2O2. The van der Waals surface area contributed by atoms with E-state index in [0.717, 1.165) is 0 Å². The summed E-state index contributed by atoms with van der Waals surface area (Å²) in [6, 6.07) is 0. The lowest BCUT2D eigenvalue weighted by molar-refractivity contribution is 0.0346. The zero-order chi connectivity index (χ0) is 7.72. The highest BCUT2D eigenvalue weighted by atomic mass is 19.1. The molecule has 0 spiro atoms. The quantitative estimate of drug-likeness (QED) is 0.590. The van der Waals surface area contributed by atoms with E-state index in [0.29, 0.717) is 0 Å². The number of aromatic hydroxyl groups is 1. The predicted molar refractivity (Wildman–Crippen MR) is 30.9 cm³/mol. The Hall–Kier alpha value is -1.10. The van der Waals surface area contributed by atoms with Gasteiger partial charge in [0.05, 0.1) is 6.20 Å². The van der Waals surface area contributed by atoms with Crippen molar-refractivity contribution in [2.75, 3.05) is 0 Å². The Morgan fingerprint density at radius 2 is 2.40 bits per heavy atom. The fourth-order valence-corrected chi connectivity index (χ4v) is 0.663. The molecule has 0 amide bonds. The molecule has 0 bridgehead atoms. The van der Waals surface area contributed by atoms with Crippen molar-refractivity contribution in [3.8, 4) is 5.75 Å². The monoisotopic (exact) mass is 146 g/mol. The normalized spacial score (nSPS) is 13.5. The first-order valence-corrected chi connectivity index (χ1v) is 2.66. The van der Waals surface area contributed by atoms with Gasteiger partial charge in [0.25, 0.3) is 0 Å². The number of hydrogen-bond acceptors (Lipinski definition) is 3. The molecule has 1 aromatic rings. The number of aromatic nitrogens is 2. The van der Waals surface area contributed by atoms with Crippen molar-refractivity contribution in [2.45, 2.75) is 6.36 Å². The van der Waals surface area contributed by atoms with E-state index in [-0.39, 0.29) is 11.4 Å². The average molecular weight is 146 g/mol. The highest BCUT2D eigenvalue weighted by Crippen LogP contribution is 2.21. The van der Waals surface area contributed by atoms with Crippen molar-refractivity contribution in [2.24, 2.45) is 7.05 Å². The largest absolute Gasteiger partial charge is 0.504 e. The highest BCUT2D eigenvalue weighted by molar-refractivity contribution is 5.22. The molecule has 2 N–H and O–H groups in total. The number of rotatable bonds is 1. The van der Waals surface area contributed by atoms with Gasteiger partial charge in [-0.3, -0.25) is 4.68 Å². The summed E-state index contributed by atoms with van der Waals surface area (Å²) in [7, 11) is 1.52. The van der Waals surface area contributed by atoms with Gasteiger partial charge in [-0.1, -0.05) is 0 Å². The van der Waals surface area contributed by atoms with Crippen LogP contribution in [-0.4, -0.2) is 20.0 Å². The summed E-state index contributed by atoms with van der Waals surface area (Å²) in [5, 5.41) is 20.6. The molecule has 1 rings (SSSR count). The van der Waals surface area contributed by atoms with Gasteiger partial charge >= 0.3 is 0 Å². The lowest BCUT2D eigenvalue weighted by atomic mass is 10.4. The van der Waals surface area contributed by atoms with Gasteiger partial charge in [-0.05, 0) is 0 Å². The van der Waals surface area contributed by atoms with Crippen molar-refractivity contribution in [1.82, 2.24) is 9.78 Å². The summed E-state index contributed by atoms with van der Waals surface area (Å²) in [5.41, 5.74) is -0.345. The van der Waals surface area contributed by atoms with Gasteiger partial charge < -0.3 is 10.2 Å². The Morgan fingerprint density at radius 3 is 2.60 bits per heavy atom. The summed E-state index contributed by atoms with van der Waals surface area (Å²) >= 11 is 0. The third-order valence-electron chi connectivity index (χ3n) is 1.06. The van der Waals surface area contributed by atoms with Gasteiger partial charge in [0.1, 0.15) is 0 Å². The first-order chi connectivity index (χ1) is 4.61. The van der Waals surface area contributed by atoms with Gasteiger partial charge in [-0.2, -0.15) is 5.10 Å². The maximum Gasteiger partial charge on any atom is 0.245 e. The van der Waals surface area contributed by atoms with Gasteiger partial charge in [-0.25, -0.2) is 4.39 Å². The molecular weight excluding hydrogens is 139 g/mol. The Labute approximate surface area is 56.5 Å². The zero-order valence-electron chi connectivity index (χ0n) is 5.32. The smallest absolute Gasteiger partial charge is 0.245 e. The van der Waals surface area contributed by atoms with Crippen molar-refractivity contribution in [3.05, 3.63) is 11.9 Å². The van der Waals surface area contributed by atoms with Crippen LogP contribution in [0.25, 0.3) is 0 Å². The third-order valence-corrected chi connectivity index (χ3v) is 1.06. The molecule has 0 saturated carbocycles. The number of nitrogens with zero attached hydrogens (tertiary/aromatic N) is 2. The average Bonchev–Trinajstić information content (AvgIpc) is 2.10. The topological polar surface area (TPSA) is 58.3 Å². The third kappa shape index (κ3) is 1.08. The van der Waals surface area contributed by atoms with E-state index < -0.39 is 6.36 Å². The number of aliphatic hydroxyl groups excluding tert-OH is 1. The van der Waals surface area contributed by atoms with E-state index in [2.05, 4.69) is 5.10 Å². The van der Waals surface area contributed by atoms with E-state index in [4.69, 9.17) is 10.2 Å². The molecule has 0 aromatic carbocycles. The second kappa shape index (κ2) is 2.26. The number of alkyl halides is 1. The number of aliphatic hydroxyl groups is 1. The van der Waals surface area contributed by atoms with E-state index in [1.54, 1.807) is 0 Å². The Bertz CT molecular complexity index is 234. The van der Waals surface area contributed by atoms with Crippen molar-refractivity contribution >= 4 is 0 Å². The van der Waals surface area contributed by atoms with Crippen molar-refractivity contribution in [3.63, 3.8) is 0 Å². The first kappa shape index (κ1) is 7.01. The second-order valence-electron chi connectivity index (χ2n) is 1.91. The second-order valence-corrected chi connectivity index (χ2v) is 1.91. The predicted octanol–water partition coefficient (Wildman–Crippen LogP) is 0.0861. The lowest BCUT2D eigenvalue weighted by Gasteiger charge is -1.93. The molecule has 0 aliphatic carbocycles. The first-order valence-electron chi connectivity index (χ1n) is 2.66. The molecule has 1 unspecified atom stereocenters. The number of aryl methyl sites for hydroxylation is 1. The van der Waals surface area contributed by atoms with Gasteiger partial charge in [0.2, 0.25) is 6.36 Å². The van der Waals surface area contributed by atoms with Crippen LogP contribution in [-0.2, 0) is 7.05 Å². The molecule has 0 saturated heterocycles. The maximum atomic E-state index is 12.0. The van der Waals surface area contributed by atoms with Gasteiger partial charge in [0, 0.05) is 7.05 Å². The molecule has 0 aliphatic rings. The number of hydrogen-bond donors (Lipinski definition) is 2. The van der Waals surface area contributed by atoms with Crippen LogP contribution in [0.1, 0.15) is 12.1 Å². The molecule has 1 atom stereocenters. The van der Waals surface area contributed by atoms with Crippen LogP contribution in [0.4, 0.5) is 4.39 Å². The van der Waals surface area contributed by atoms with Gasteiger partial charge in [0.15, 0.2) is 11.4 Å². The fourth-order valence-electron chi connectivity index (χ4n) is 0.663. The molecule has 5 heteroatoms. The molecule has 56 valence electrons. The van der Waals surface area contributed by atoms with E-state index >= 15 is 0 Å². The Balaban J connectivity index is 3.03. The SMILES string of the molecule is Cn1cc(O)c(C(O)F)n1. The van der Waals surface area contributed by atoms with E-state index in [9.17, 15) is 4.39 Å². The molecule has 0 radical (unpaired) electrons. The Morgan fingerprint density at radius 1 is 1.80 bits per heavy atom. The lowest BCUT2D eigenvalue weighted by Crippen LogP contribution is -1.93. The van der Waals surface area contributed by atoms with Crippen molar-refractivity contribution < 1.29 is 14.6 Å². The minimum absolute atomic E-state index is 0.336. The summed E-state index contributed by atoms with van der Waals surface area (Å²) < 4.78 is 13.2. The summed E-state index contributed by atoms with van der Waals surface area (Å²) in [5.74, 6) is -0.336. The van der Waals surface area contributed by atoms with Crippen LogP contribution in [0.5, 0.6) is 5.75 Å². The minimum atomic E-state index is -2.21. The van der Waals surface area contributed by atoms with Crippen molar-refractivity contribution in [1.29, 1.82) is 0 Å². The van der Waals surface area contributed by atoms with Crippen LogP contribution in [0.2, 0.25) is 0 Å². The van der Waals surface area contributed by atoms with Crippen LogP contribution in [0, 0.1) is 0 Å². The minimum Gasteiger partial charge on any atom is -0.504 e. The Kier molecular flexibility index (Phi) is 1.58. The molecule has 1 heterocycles. The van der Waals surface area contributed by atoms with Gasteiger partial charge in [-0.15, -0.1) is 0 Å². The summed E-state index contributed by atoms with van der Waals surface area (Å²) in [6.45, 7) is 0. The molecule has 4 nitrogen and oxygen atoms in total.